The summed E-state index contributed by atoms with van der Waals surface area (Å²) < 4.78 is 0. The molecule has 0 amide bonds. The summed E-state index contributed by atoms with van der Waals surface area (Å²) in [6, 6.07) is 16.6. The monoisotopic (exact) mass is 213 g/mol. The molecule has 2 aromatic rings. The zero-order valence-corrected chi connectivity index (χ0v) is 8.55. The maximum Gasteiger partial charge on any atom is 0.108 e. The largest absolute Gasteiger partial charge is 0.301 e. The number of anilines is 2. The van der Waals surface area contributed by atoms with Gasteiger partial charge in [-0.25, -0.2) is 0 Å². The van der Waals surface area contributed by atoms with Gasteiger partial charge in [-0.2, -0.15) is 0 Å². The lowest BCUT2D eigenvalue weighted by molar-refractivity contribution is 1.40. The van der Waals surface area contributed by atoms with E-state index in [-0.39, 0.29) is 0 Å². The van der Waals surface area contributed by atoms with Gasteiger partial charge >= 0.3 is 0 Å². The highest BCUT2D eigenvalue weighted by molar-refractivity contribution is 5.55. The van der Waals surface area contributed by atoms with Crippen LogP contribution in [0.4, 0.5) is 17.1 Å². The van der Waals surface area contributed by atoms with Crippen LogP contribution < -0.4 is 10.9 Å². The number of para-hydroxylation sites is 1. The summed E-state index contributed by atoms with van der Waals surface area (Å²) in [7, 11) is 0. The van der Waals surface area contributed by atoms with Gasteiger partial charge in [0.15, 0.2) is 0 Å². The molecule has 0 bridgehead atoms. The molecule has 0 saturated heterocycles. The van der Waals surface area contributed by atoms with Gasteiger partial charge in [0.2, 0.25) is 0 Å². The van der Waals surface area contributed by atoms with E-state index in [9.17, 15) is 4.91 Å². The molecule has 0 spiro atoms. The lowest BCUT2D eigenvalue weighted by Crippen LogP contribution is -2.07. The SMILES string of the molecule is O=Nc1ccc(NNc2ccccc2)cc1. The van der Waals surface area contributed by atoms with Crippen LogP contribution in [0.25, 0.3) is 0 Å². The fourth-order valence-corrected chi connectivity index (χ4v) is 1.27. The number of nitroso groups, excluding NO2 is 1. The minimum atomic E-state index is 0.422. The van der Waals surface area contributed by atoms with Crippen LogP contribution in [0, 0.1) is 4.91 Å². The van der Waals surface area contributed by atoms with Crippen molar-refractivity contribution in [3.63, 3.8) is 0 Å². The summed E-state index contributed by atoms with van der Waals surface area (Å²) in [6.07, 6.45) is 0. The van der Waals surface area contributed by atoms with E-state index in [1.165, 1.54) is 0 Å². The van der Waals surface area contributed by atoms with E-state index < -0.39 is 0 Å². The Kier molecular flexibility index (Phi) is 3.13. The Labute approximate surface area is 93.3 Å². The van der Waals surface area contributed by atoms with E-state index in [1.807, 2.05) is 30.3 Å². The Balaban J connectivity index is 1.97. The highest BCUT2D eigenvalue weighted by atomic mass is 16.3. The molecule has 0 radical (unpaired) electrons. The lowest BCUT2D eigenvalue weighted by atomic mass is 10.3. The van der Waals surface area contributed by atoms with E-state index in [0.29, 0.717) is 5.69 Å². The lowest BCUT2D eigenvalue weighted by Gasteiger charge is -2.09. The summed E-state index contributed by atoms with van der Waals surface area (Å²) in [4.78, 5) is 10.2. The van der Waals surface area contributed by atoms with Gasteiger partial charge in [-0.3, -0.25) is 0 Å². The zero-order valence-electron chi connectivity index (χ0n) is 8.55. The Bertz CT molecular complexity index is 453. The molecule has 0 aliphatic carbocycles. The molecule has 4 heteroatoms. The molecule has 2 rings (SSSR count). The topological polar surface area (TPSA) is 53.5 Å². The Morgan fingerprint density at radius 2 is 1.31 bits per heavy atom. The highest BCUT2D eigenvalue weighted by Gasteiger charge is 1.93. The van der Waals surface area contributed by atoms with E-state index in [4.69, 9.17) is 0 Å². The second-order valence-electron chi connectivity index (χ2n) is 3.25. The van der Waals surface area contributed by atoms with Crippen molar-refractivity contribution in [2.75, 3.05) is 10.9 Å². The molecular formula is C12H11N3O. The third-order valence-corrected chi connectivity index (χ3v) is 2.10. The van der Waals surface area contributed by atoms with Crippen molar-refractivity contribution in [2.24, 2.45) is 5.18 Å². The molecule has 0 unspecified atom stereocenters. The molecule has 0 aliphatic rings. The predicted molar refractivity (Wildman–Crippen MR) is 65.6 cm³/mol. The number of hydrogen-bond acceptors (Lipinski definition) is 4. The number of hydrazine groups is 1. The first kappa shape index (κ1) is 10.2. The molecule has 80 valence electrons. The van der Waals surface area contributed by atoms with E-state index in [1.54, 1.807) is 24.3 Å². The van der Waals surface area contributed by atoms with E-state index in [2.05, 4.69) is 16.0 Å². The maximum atomic E-state index is 10.2. The first-order chi connectivity index (χ1) is 7.88. The molecule has 2 aromatic carbocycles. The third-order valence-electron chi connectivity index (χ3n) is 2.10. The number of rotatable bonds is 4. The molecule has 0 fully saturated rings. The minimum Gasteiger partial charge on any atom is -0.301 e. The predicted octanol–water partition coefficient (Wildman–Crippen LogP) is 3.52. The summed E-state index contributed by atoms with van der Waals surface area (Å²) in [5.74, 6) is 0. The Morgan fingerprint density at radius 1 is 0.750 bits per heavy atom. The van der Waals surface area contributed by atoms with Crippen molar-refractivity contribution in [3.8, 4) is 0 Å². The second kappa shape index (κ2) is 4.93. The second-order valence-corrected chi connectivity index (χ2v) is 3.25. The van der Waals surface area contributed by atoms with Gasteiger partial charge in [0, 0.05) is 0 Å². The van der Waals surface area contributed by atoms with Crippen LogP contribution in [0.5, 0.6) is 0 Å². The molecular weight excluding hydrogens is 202 g/mol. The van der Waals surface area contributed by atoms with Gasteiger partial charge in [-0.15, -0.1) is 4.91 Å². The average Bonchev–Trinajstić information content (AvgIpc) is 2.38. The molecule has 16 heavy (non-hydrogen) atoms. The first-order valence-corrected chi connectivity index (χ1v) is 4.89. The maximum absolute atomic E-state index is 10.2. The molecule has 0 saturated carbocycles. The van der Waals surface area contributed by atoms with Gasteiger partial charge in [0.1, 0.15) is 5.69 Å². The van der Waals surface area contributed by atoms with Crippen molar-refractivity contribution in [3.05, 3.63) is 59.5 Å². The average molecular weight is 213 g/mol. The standard InChI is InChI=1S/C12H11N3O/c16-15-12-8-6-11(7-9-12)14-13-10-4-2-1-3-5-10/h1-9,13-14H. The summed E-state index contributed by atoms with van der Waals surface area (Å²) in [5, 5.41) is 2.83. The first-order valence-electron chi connectivity index (χ1n) is 4.89. The van der Waals surface area contributed by atoms with Gasteiger partial charge in [-0.1, -0.05) is 18.2 Å². The third kappa shape index (κ3) is 2.57. The summed E-state index contributed by atoms with van der Waals surface area (Å²) in [6.45, 7) is 0. The number of nitrogens with zero attached hydrogens (tertiary/aromatic N) is 1. The number of benzene rings is 2. The molecule has 2 N–H and O–H groups in total. The van der Waals surface area contributed by atoms with Crippen molar-refractivity contribution in [1.29, 1.82) is 0 Å². The normalized spacial score (nSPS) is 9.50. The van der Waals surface area contributed by atoms with E-state index >= 15 is 0 Å². The van der Waals surface area contributed by atoms with Crippen LogP contribution in [0.2, 0.25) is 0 Å². The summed E-state index contributed by atoms with van der Waals surface area (Å²) in [5.41, 5.74) is 8.32. The van der Waals surface area contributed by atoms with Gasteiger partial charge in [0.25, 0.3) is 0 Å². The zero-order chi connectivity index (χ0) is 11.2. The van der Waals surface area contributed by atoms with Crippen LogP contribution in [-0.4, -0.2) is 0 Å². The number of hydrogen-bond donors (Lipinski definition) is 2. The molecule has 0 aliphatic heterocycles. The van der Waals surface area contributed by atoms with Crippen LogP contribution >= 0.6 is 0 Å². The fourth-order valence-electron chi connectivity index (χ4n) is 1.27. The Hall–Kier alpha value is -2.36. The van der Waals surface area contributed by atoms with Gasteiger partial charge < -0.3 is 10.9 Å². The van der Waals surface area contributed by atoms with E-state index in [0.717, 1.165) is 11.4 Å². The van der Waals surface area contributed by atoms with Crippen molar-refractivity contribution in [1.82, 2.24) is 0 Å². The van der Waals surface area contributed by atoms with Crippen molar-refractivity contribution in [2.45, 2.75) is 0 Å². The number of nitrogens with one attached hydrogen (secondary N) is 2. The molecule has 0 aromatic heterocycles. The quantitative estimate of drug-likeness (QED) is 0.603. The van der Waals surface area contributed by atoms with Crippen LogP contribution in [-0.2, 0) is 0 Å². The smallest absolute Gasteiger partial charge is 0.108 e. The van der Waals surface area contributed by atoms with Gasteiger partial charge in [0.05, 0.1) is 11.4 Å². The van der Waals surface area contributed by atoms with Crippen molar-refractivity contribution < 1.29 is 0 Å². The highest BCUT2D eigenvalue weighted by Crippen LogP contribution is 2.16. The van der Waals surface area contributed by atoms with Crippen LogP contribution in [0.3, 0.4) is 0 Å². The Morgan fingerprint density at radius 3 is 1.88 bits per heavy atom. The summed E-state index contributed by atoms with van der Waals surface area (Å²) >= 11 is 0. The fraction of sp³-hybridized carbons (Fsp3) is 0. The van der Waals surface area contributed by atoms with Gasteiger partial charge in [-0.05, 0) is 41.6 Å². The minimum absolute atomic E-state index is 0.422. The van der Waals surface area contributed by atoms with Crippen molar-refractivity contribution >= 4 is 17.1 Å². The molecule has 0 heterocycles. The molecule has 4 nitrogen and oxygen atoms in total. The van der Waals surface area contributed by atoms with Crippen LogP contribution in [0.1, 0.15) is 0 Å². The molecule has 0 atom stereocenters. The van der Waals surface area contributed by atoms with Crippen LogP contribution in [0.15, 0.2) is 59.8 Å².